The van der Waals surface area contributed by atoms with Crippen molar-refractivity contribution < 1.29 is 9.47 Å². The molecule has 1 aromatic heterocycles. The number of rotatable bonds is 6. The number of hydrogen-bond acceptors (Lipinski definition) is 5. The molecule has 0 saturated heterocycles. The molecule has 1 heterocycles. The predicted octanol–water partition coefficient (Wildman–Crippen LogP) is 5.57. The Balaban J connectivity index is 1.90. The van der Waals surface area contributed by atoms with Crippen LogP contribution in [0.15, 0.2) is 66.7 Å². The molecule has 4 aromatic rings. The summed E-state index contributed by atoms with van der Waals surface area (Å²) in [6.07, 6.45) is 7.92. The number of ether oxygens (including phenoxy) is 2. The summed E-state index contributed by atoms with van der Waals surface area (Å²) >= 11 is 0. The molecule has 0 unspecified atom stereocenters. The first-order chi connectivity index (χ1) is 15.2. The Morgan fingerprint density at radius 3 is 1.68 bits per heavy atom. The number of nitrogens with two attached hydrogens (primary N) is 1. The lowest BCUT2D eigenvalue weighted by Crippen LogP contribution is -2.01. The van der Waals surface area contributed by atoms with Crippen molar-refractivity contribution in [1.29, 1.82) is 0 Å². The van der Waals surface area contributed by atoms with Crippen molar-refractivity contribution in [2.24, 2.45) is 0 Å². The Kier molecular flexibility index (Phi) is 5.94. The van der Waals surface area contributed by atoms with Gasteiger partial charge in [0.25, 0.3) is 0 Å². The molecule has 0 fully saturated rings. The van der Waals surface area contributed by atoms with Crippen molar-refractivity contribution in [3.05, 3.63) is 89.2 Å². The van der Waals surface area contributed by atoms with Crippen LogP contribution >= 0.6 is 0 Å². The van der Waals surface area contributed by atoms with Crippen molar-refractivity contribution >= 4 is 41.0 Å². The highest BCUT2D eigenvalue weighted by Crippen LogP contribution is 2.37. The Morgan fingerprint density at radius 2 is 1.19 bits per heavy atom. The summed E-state index contributed by atoms with van der Waals surface area (Å²) in [4.78, 5) is 9.72. The quantitative estimate of drug-likeness (QED) is 0.422. The van der Waals surface area contributed by atoms with Crippen molar-refractivity contribution in [1.82, 2.24) is 9.97 Å². The minimum atomic E-state index is 0.451. The highest BCUT2D eigenvalue weighted by atomic mass is 16.5. The molecule has 0 amide bonds. The highest BCUT2D eigenvalue weighted by molar-refractivity contribution is 5.94. The number of nitrogen functional groups attached to an aromatic ring is 1. The lowest BCUT2D eigenvalue weighted by molar-refractivity contribution is 0.410. The fourth-order valence-electron chi connectivity index (χ4n) is 3.30. The third-order valence-electron chi connectivity index (χ3n) is 4.84. The van der Waals surface area contributed by atoms with Crippen LogP contribution in [0.25, 0.3) is 35.3 Å². The molecule has 5 nitrogen and oxygen atoms in total. The molecule has 31 heavy (non-hydrogen) atoms. The van der Waals surface area contributed by atoms with Gasteiger partial charge in [-0.05, 0) is 23.3 Å². The molecule has 0 aliphatic heterocycles. The van der Waals surface area contributed by atoms with E-state index in [0.29, 0.717) is 39.6 Å². The second kappa shape index (κ2) is 9.13. The van der Waals surface area contributed by atoms with Gasteiger partial charge in [0.05, 0.1) is 31.3 Å². The zero-order valence-corrected chi connectivity index (χ0v) is 17.4. The summed E-state index contributed by atoms with van der Waals surface area (Å²) in [5.74, 6) is 1.03. The minimum Gasteiger partial charge on any atom is -0.494 e. The van der Waals surface area contributed by atoms with Gasteiger partial charge < -0.3 is 15.2 Å². The Hall–Kier alpha value is -4.12. The standard InChI is InChI=1S/C26H23N3O2/c1-30-23-17-20(27)26(31-2)25-24(23)28-21(15-13-18-9-5-3-6-10-18)22(29-25)16-14-19-11-7-4-8-12-19/h3-17H,27H2,1-2H3/b15-13+,16-14+. The summed E-state index contributed by atoms with van der Waals surface area (Å²) < 4.78 is 11.0. The minimum absolute atomic E-state index is 0.451. The molecule has 0 atom stereocenters. The Bertz CT molecular complexity index is 1250. The van der Waals surface area contributed by atoms with E-state index >= 15 is 0 Å². The van der Waals surface area contributed by atoms with Gasteiger partial charge in [0.1, 0.15) is 16.8 Å². The van der Waals surface area contributed by atoms with E-state index in [-0.39, 0.29) is 0 Å². The molecule has 0 saturated carbocycles. The van der Waals surface area contributed by atoms with Gasteiger partial charge in [-0.15, -0.1) is 0 Å². The van der Waals surface area contributed by atoms with Gasteiger partial charge in [-0.3, -0.25) is 0 Å². The van der Waals surface area contributed by atoms with Crippen LogP contribution in [0.3, 0.4) is 0 Å². The van der Waals surface area contributed by atoms with Crippen LogP contribution in [-0.2, 0) is 0 Å². The molecule has 0 aliphatic carbocycles. The average Bonchev–Trinajstić information content (AvgIpc) is 2.82. The van der Waals surface area contributed by atoms with Gasteiger partial charge in [-0.1, -0.05) is 72.8 Å². The largest absolute Gasteiger partial charge is 0.494 e. The van der Waals surface area contributed by atoms with Gasteiger partial charge in [-0.2, -0.15) is 0 Å². The highest BCUT2D eigenvalue weighted by Gasteiger charge is 2.16. The van der Waals surface area contributed by atoms with Crippen LogP contribution in [0.5, 0.6) is 11.5 Å². The normalized spacial score (nSPS) is 11.4. The first kappa shape index (κ1) is 20.2. The SMILES string of the molecule is COc1cc(N)c(OC)c2nc(/C=C/c3ccccc3)c(/C=C/c3ccccc3)nc12. The summed E-state index contributed by atoms with van der Waals surface area (Å²) in [7, 11) is 3.16. The number of hydrogen-bond donors (Lipinski definition) is 1. The summed E-state index contributed by atoms with van der Waals surface area (Å²) in [6, 6.07) is 21.8. The fourth-order valence-corrected chi connectivity index (χ4v) is 3.30. The molecule has 3 aromatic carbocycles. The van der Waals surface area contributed by atoms with Crippen molar-refractivity contribution in [3.8, 4) is 11.5 Å². The van der Waals surface area contributed by atoms with Crippen LogP contribution in [0.1, 0.15) is 22.5 Å². The van der Waals surface area contributed by atoms with E-state index in [0.717, 1.165) is 11.1 Å². The summed E-state index contributed by atoms with van der Waals surface area (Å²) in [5.41, 5.74) is 11.3. The number of methoxy groups -OCH3 is 2. The predicted molar refractivity (Wildman–Crippen MR) is 128 cm³/mol. The number of nitrogens with zero attached hydrogens (tertiary/aromatic N) is 2. The zero-order chi connectivity index (χ0) is 21.6. The van der Waals surface area contributed by atoms with E-state index < -0.39 is 0 Å². The molecule has 154 valence electrons. The molecular weight excluding hydrogens is 386 g/mol. The van der Waals surface area contributed by atoms with Gasteiger partial charge >= 0.3 is 0 Å². The average molecular weight is 409 g/mol. The van der Waals surface area contributed by atoms with Crippen LogP contribution in [0, 0.1) is 0 Å². The number of aromatic nitrogens is 2. The fraction of sp³-hybridized carbons (Fsp3) is 0.0769. The maximum absolute atomic E-state index is 6.16. The molecule has 2 N–H and O–H groups in total. The van der Waals surface area contributed by atoms with Crippen LogP contribution in [0.4, 0.5) is 5.69 Å². The van der Waals surface area contributed by atoms with Gasteiger partial charge in [0.15, 0.2) is 5.75 Å². The van der Waals surface area contributed by atoms with E-state index in [1.807, 2.05) is 85.0 Å². The maximum atomic E-state index is 6.16. The first-order valence-electron chi connectivity index (χ1n) is 9.88. The van der Waals surface area contributed by atoms with Crippen LogP contribution < -0.4 is 15.2 Å². The smallest absolute Gasteiger partial charge is 0.169 e. The van der Waals surface area contributed by atoms with E-state index in [2.05, 4.69) is 0 Å². The van der Waals surface area contributed by atoms with Crippen molar-refractivity contribution in [2.75, 3.05) is 20.0 Å². The monoisotopic (exact) mass is 409 g/mol. The number of fused-ring (bicyclic) bond motifs is 1. The molecule has 4 rings (SSSR count). The van der Waals surface area contributed by atoms with E-state index in [1.165, 1.54) is 0 Å². The van der Waals surface area contributed by atoms with Gasteiger partial charge in [0, 0.05) is 6.07 Å². The van der Waals surface area contributed by atoms with E-state index in [4.69, 9.17) is 25.2 Å². The molecular formula is C26H23N3O2. The number of benzene rings is 3. The first-order valence-corrected chi connectivity index (χ1v) is 9.88. The van der Waals surface area contributed by atoms with E-state index in [1.54, 1.807) is 20.3 Å². The van der Waals surface area contributed by atoms with Crippen molar-refractivity contribution in [2.45, 2.75) is 0 Å². The lowest BCUT2D eigenvalue weighted by atomic mass is 10.1. The van der Waals surface area contributed by atoms with Crippen molar-refractivity contribution in [3.63, 3.8) is 0 Å². The van der Waals surface area contributed by atoms with Gasteiger partial charge in [-0.25, -0.2) is 9.97 Å². The third-order valence-corrected chi connectivity index (χ3v) is 4.84. The molecule has 5 heteroatoms. The third kappa shape index (κ3) is 4.41. The maximum Gasteiger partial charge on any atom is 0.169 e. The molecule has 0 aliphatic rings. The molecule has 0 spiro atoms. The Morgan fingerprint density at radius 1 is 0.677 bits per heavy atom. The summed E-state index contributed by atoms with van der Waals surface area (Å²) in [6.45, 7) is 0. The van der Waals surface area contributed by atoms with E-state index in [9.17, 15) is 0 Å². The van der Waals surface area contributed by atoms with Crippen LogP contribution in [0.2, 0.25) is 0 Å². The zero-order valence-electron chi connectivity index (χ0n) is 17.4. The molecule has 0 radical (unpaired) electrons. The van der Waals surface area contributed by atoms with Gasteiger partial charge in [0.2, 0.25) is 0 Å². The lowest BCUT2D eigenvalue weighted by Gasteiger charge is -2.13. The topological polar surface area (TPSA) is 70.3 Å². The van der Waals surface area contributed by atoms with Crippen LogP contribution in [-0.4, -0.2) is 24.2 Å². The second-order valence-electron chi connectivity index (χ2n) is 6.88. The number of anilines is 1. The molecule has 0 bridgehead atoms. The second-order valence-corrected chi connectivity index (χ2v) is 6.88. The Labute approximate surface area is 181 Å². The summed E-state index contributed by atoms with van der Waals surface area (Å²) in [5, 5.41) is 0.